The fourth-order valence-corrected chi connectivity index (χ4v) is 2.35. The first-order valence-electron chi connectivity index (χ1n) is 5.46. The molecule has 0 aliphatic heterocycles. The average Bonchev–Trinajstić information content (AvgIpc) is 2.35. The SMILES string of the molecule is Cc1ccc(C(NN)c2c(F)cccc2Br)cn1. The molecule has 3 nitrogen and oxygen atoms in total. The fourth-order valence-electron chi connectivity index (χ4n) is 1.78. The van der Waals surface area contributed by atoms with Gasteiger partial charge in [-0.2, -0.15) is 0 Å². The van der Waals surface area contributed by atoms with E-state index in [0.717, 1.165) is 11.3 Å². The van der Waals surface area contributed by atoms with Crippen LogP contribution >= 0.6 is 15.9 Å². The van der Waals surface area contributed by atoms with E-state index in [-0.39, 0.29) is 5.82 Å². The number of hydrogen-bond acceptors (Lipinski definition) is 3. The Labute approximate surface area is 113 Å². The molecule has 18 heavy (non-hydrogen) atoms. The number of nitrogens with two attached hydrogens (primary N) is 1. The standard InChI is InChI=1S/C13H13BrFN3/c1-8-5-6-9(7-17-8)13(18-16)12-10(14)3-2-4-11(12)15/h2-7,13,18H,16H2,1H3. The van der Waals surface area contributed by atoms with Crippen molar-refractivity contribution < 1.29 is 4.39 Å². The van der Waals surface area contributed by atoms with E-state index in [1.807, 2.05) is 19.1 Å². The van der Waals surface area contributed by atoms with Crippen LogP contribution < -0.4 is 11.3 Å². The summed E-state index contributed by atoms with van der Waals surface area (Å²) in [5.41, 5.74) is 4.82. The summed E-state index contributed by atoms with van der Waals surface area (Å²) in [4.78, 5) is 4.20. The molecule has 94 valence electrons. The Hall–Kier alpha value is -1.30. The van der Waals surface area contributed by atoms with Crippen LogP contribution in [0.5, 0.6) is 0 Å². The average molecular weight is 310 g/mol. The van der Waals surface area contributed by atoms with Gasteiger partial charge in [0.15, 0.2) is 0 Å². The zero-order valence-electron chi connectivity index (χ0n) is 9.82. The van der Waals surface area contributed by atoms with E-state index in [9.17, 15) is 4.39 Å². The maximum absolute atomic E-state index is 13.9. The summed E-state index contributed by atoms with van der Waals surface area (Å²) in [6, 6.07) is 8.15. The molecular weight excluding hydrogens is 297 g/mol. The predicted molar refractivity (Wildman–Crippen MR) is 72.2 cm³/mol. The number of benzene rings is 1. The van der Waals surface area contributed by atoms with Crippen molar-refractivity contribution in [2.75, 3.05) is 0 Å². The highest BCUT2D eigenvalue weighted by molar-refractivity contribution is 9.10. The van der Waals surface area contributed by atoms with Crippen molar-refractivity contribution in [3.8, 4) is 0 Å². The van der Waals surface area contributed by atoms with Gasteiger partial charge in [-0.15, -0.1) is 0 Å². The lowest BCUT2D eigenvalue weighted by Crippen LogP contribution is -2.30. The lowest BCUT2D eigenvalue weighted by molar-refractivity contribution is 0.557. The van der Waals surface area contributed by atoms with E-state index in [1.54, 1.807) is 18.3 Å². The molecule has 0 aliphatic rings. The first kappa shape index (κ1) is 13.1. The molecule has 1 atom stereocenters. The molecule has 5 heteroatoms. The minimum Gasteiger partial charge on any atom is -0.271 e. The van der Waals surface area contributed by atoms with Crippen LogP contribution in [-0.2, 0) is 0 Å². The lowest BCUT2D eigenvalue weighted by Gasteiger charge is -2.18. The Morgan fingerprint density at radius 2 is 2.11 bits per heavy atom. The largest absolute Gasteiger partial charge is 0.271 e. The molecule has 0 radical (unpaired) electrons. The number of rotatable bonds is 3. The van der Waals surface area contributed by atoms with Gasteiger partial charge in [-0.1, -0.05) is 28.1 Å². The molecule has 3 N–H and O–H groups in total. The Balaban J connectivity index is 2.48. The number of hydrazine groups is 1. The molecule has 1 unspecified atom stereocenters. The summed E-state index contributed by atoms with van der Waals surface area (Å²) in [6.45, 7) is 1.90. The van der Waals surface area contributed by atoms with Crippen molar-refractivity contribution in [1.29, 1.82) is 0 Å². The van der Waals surface area contributed by atoms with Crippen LogP contribution in [0.1, 0.15) is 22.9 Å². The highest BCUT2D eigenvalue weighted by Gasteiger charge is 2.19. The van der Waals surface area contributed by atoms with Crippen LogP contribution in [0, 0.1) is 12.7 Å². The van der Waals surface area contributed by atoms with Gasteiger partial charge in [-0.25, -0.2) is 9.82 Å². The monoisotopic (exact) mass is 309 g/mol. The first-order chi connectivity index (χ1) is 8.63. The second-order valence-corrected chi connectivity index (χ2v) is 4.82. The van der Waals surface area contributed by atoms with Gasteiger partial charge in [0.05, 0.1) is 6.04 Å². The smallest absolute Gasteiger partial charge is 0.129 e. The molecule has 0 amide bonds. The molecule has 0 saturated heterocycles. The van der Waals surface area contributed by atoms with Gasteiger partial charge in [0, 0.05) is 21.9 Å². The third-order valence-electron chi connectivity index (χ3n) is 2.72. The zero-order chi connectivity index (χ0) is 13.1. The van der Waals surface area contributed by atoms with E-state index in [4.69, 9.17) is 5.84 Å². The molecule has 0 fully saturated rings. The molecule has 1 aromatic carbocycles. The van der Waals surface area contributed by atoms with Gasteiger partial charge in [-0.05, 0) is 30.7 Å². The number of aromatic nitrogens is 1. The number of pyridine rings is 1. The van der Waals surface area contributed by atoms with Crippen LogP contribution in [0.25, 0.3) is 0 Å². The predicted octanol–water partition coefficient (Wildman–Crippen LogP) is 2.84. The van der Waals surface area contributed by atoms with Gasteiger partial charge >= 0.3 is 0 Å². The molecule has 0 bridgehead atoms. The maximum atomic E-state index is 13.9. The van der Waals surface area contributed by atoms with Crippen molar-refractivity contribution >= 4 is 15.9 Å². The van der Waals surface area contributed by atoms with Crippen molar-refractivity contribution in [3.63, 3.8) is 0 Å². The van der Waals surface area contributed by atoms with Crippen LogP contribution in [0.15, 0.2) is 41.0 Å². The number of nitrogens with zero attached hydrogens (tertiary/aromatic N) is 1. The quantitative estimate of drug-likeness (QED) is 0.677. The summed E-state index contributed by atoms with van der Waals surface area (Å²) in [7, 11) is 0. The molecule has 2 rings (SSSR count). The van der Waals surface area contributed by atoms with E-state index < -0.39 is 6.04 Å². The molecule has 2 aromatic rings. The maximum Gasteiger partial charge on any atom is 0.129 e. The van der Waals surface area contributed by atoms with E-state index in [2.05, 4.69) is 26.3 Å². The summed E-state index contributed by atoms with van der Waals surface area (Å²) in [5, 5.41) is 0. The molecule has 0 spiro atoms. The van der Waals surface area contributed by atoms with Crippen molar-refractivity contribution in [2.45, 2.75) is 13.0 Å². The Bertz CT molecular complexity index is 522. The third kappa shape index (κ3) is 2.58. The molecular formula is C13H13BrFN3. The Morgan fingerprint density at radius 3 is 2.67 bits per heavy atom. The Morgan fingerprint density at radius 1 is 1.33 bits per heavy atom. The number of hydrogen-bond donors (Lipinski definition) is 2. The van der Waals surface area contributed by atoms with Gasteiger partial charge in [-0.3, -0.25) is 10.8 Å². The minimum atomic E-state index is -0.436. The topological polar surface area (TPSA) is 50.9 Å². The molecule has 0 saturated carbocycles. The zero-order valence-corrected chi connectivity index (χ0v) is 11.4. The van der Waals surface area contributed by atoms with E-state index in [0.29, 0.717) is 10.0 Å². The second kappa shape index (κ2) is 5.56. The number of halogens is 2. The van der Waals surface area contributed by atoms with Crippen molar-refractivity contribution in [1.82, 2.24) is 10.4 Å². The van der Waals surface area contributed by atoms with E-state index >= 15 is 0 Å². The second-order valence-electron chi connectivity index (χ2n) is 3.97. The number of aryl methyl sites for hydroxylation is 1. The third-order valence-corrected chi connectivity index (χ3v) is 3.41. The lowest BCUT2D eigenvalue weighted by atomic mass is 10.00. The molecule has 0 aliphatic carbocycles. The molecule has 1 aromatic heterocycles. The van der Waals surface area contributed by atoms with Crippen LogP contribution in [0.2, 0.25) is 0 Å². The first-order valence-corrected chi connectivity index (χ1v) is 6.25. The fraction of sp³-hybridized carbons (Fsp3) is 0.154. The minimum absolute atomic E-state index is 0.312. The van der Waals surface area contributed by atoms with Gasteiger partial charge in [0.2, 0.25) is 0 Å². The highest BCUT2D eigenvalue weighted by atomic mass is 79.9. The summed E-state index contributed by atoms with van der Waals surface area (Å²) in [5.74, 6) is 5.24. The van der Waals surface area contributed by atoms with Crippen molar-refractivity contribution in [3.05, 3.63) is 63.6 Å². The van der Waals surface area contributed by atoms with Gasteiger partial charge in [0.25, 0.3) is 0 Å². The van der Waals surface area contributed by atoms with Gasteiger partial charge < -0.3 is 0 Å². The van der Waals surface area contributed by atoms with Crippen molar-refractivity contribution in [2.24, 2.45) is 5.84 Å². The van der Waals surface area contributed by atoms with Crippen LogP contribution in [-0.4, -0.2) is 4.98 Å². The van der Waals surface area contributed by atoms with Crippen LogP contribution in [0.3, 0.4) is 0 Å². The normalized spacial score (nSPS) is 12.4. The Kier molecular flexibility index (Phi) is 4.06. The summed E-state index contributed by atoms with van der Waals surface area (Å²) < 4.78 is 14.6. The number of nitrogens with one attached hydrogen (secondary N) is 1. The summed E-state index contributed by atoms with van der Waals surface area (Å²) >= 11 is 3.34. The van der Waals surface area contributed by atoms with E-state index in [1.165, 1.54) is 6.07 Å². The van der Waals surface area contributed by atoms with Crippen LogP contribution in [0.4, 0.5) is 4.39 Å². The highest BCUT2D eigenvalue weighted by Crippen LogP contribution is 2.30. The molecule has 1 heterocycles. The summed E-state index contributed by atoms with van der Waals surface area (Å²) in [6.07, 6.45) is 1.69. The van der Waals surface area contributed by atoms with Gasteiger partial charge in [0.1, 0.15) is 5.82 Å².